The van der Waals surface area contributed by atoms with E-state index in [1.807, 2.05) is 0 Å². The zero-order valence-electron chi connectivity index (χ0n) is 27.0. The first-order valence-electron chi connectivity index (χ1n) is 15.2. The highest BCUT2D eigenvalue weighted by atomic mass is 16.7. The maximum atomic E-state index is 13.9. The van der Waals surface area contributed by atoms with Crippen LogP contribution < -0.4 is 14.9 Å². The highest BCUT2D eigenvalue weighted by molar-refractivity contribution is 5.91. The molecule has 10 atom stereocenters. The zero-order chi connectivity index (χ0) is 36.6. The van der Waals surface area contributed by atoms with E-state index in [0.717, 1.165) is 27.0 Å². The number of benzene rings is 2. The molecule has 18 heteroatoms. The summed E-state index contributed by atoms with van der Waals surface area (Å²) < 4.78 is 44.2. The third-order valence-corrected chi connectivity index (χ3v) is 8.07. The molecule has 0 radical (unpaired) electrons. The van der Waals surface area contributed by atoms with E-state index in [0.29, 0.717) is 0 Å². The minimum Gasteiger partial charge on any atom is -0.508 e. The summed E-state index contributed by atoms with van der Waals surface area (Å²) in [4.78, 5) is 37.5. The molecule has 50 heavy (non-hydrogen) atoms. The lowest BCUT2D eigenvalue weighted by Gasteiger charge is -2.43. The van der Waals surface area contributed by atoms with Gasteiger partial charge in [0.25, 0.3) is 0 Å². The van der Waals surface area contributed by atoms with Crippen molar-refractivity contribution in [3.63, 3.8) is 0 Å². The van der Waals surface area contributed by atoms with Gasteiger partial charge < -0.3 is 73.3 Å². The molecular formula is C32H36O18. The van der Waals surface area contributed by atoms with Crippen LogP contribution in [0.15, 0.2) is 39.5 Å². The van der Waals surface area contributed by atoms with Gasteiger partial charge in [-0.05, 0) is 31.2 Å². The van der Waals surface area contributed by atoms with Gasteiger partial charge in [-0.25, -0.2) is 0 Å². The van der Waals surface area contributed by atoms with Gasteiger partial charge in [-0.15, -0.1) is 0 Å². The Balaban J connectivity index is 1.48. The maximum absolute atomic E-state index is 13.9. The molecule has 2 aromatic carbocycles. The second-order valence-corrected chi connectivity index (χ2v) is 11.6. The van der Waals surface area contributed by atoms with Crippen LogP contribution in [0.2, 0.25) is 0 Å². The van der Waals surface area contributed by atoms with E-state index in [4.69, 9.17) is 37.6 Å². The summed E-state index contributed by atoms with van der Waals surface area (Å²) in [7, 11) is 1.14. The number of phenolic OH excluding ortho intramolecular Hbond substituents is 3. The predicted octanol–water partition coefficient (Wildman–Crippen LogP) is -0.243. The van der Waals surface area contributed by atoms with Crippen LogP contribution in [0.1, 0.15) is 20.8 Å². The fourth-order valence-corrected chi connectivity index (χ4v) is 5.62. The van der Waals surface area contributed by atoms with Crippen LogP contribution in [0.3, 0.4) is 0 Å². The number of methoxy groups -OCH3 is 1. The largest absolute Gasteiger partial charge is 0.508 e. The summed E-state index contributed by atoms with van der Waals surface area (Å²) >= 11 is 0. The van der Waals surface area contributed by atoms with Crippen LogP contribution >= 0.6 is 0 Å². The average Bonchev–Trinajstić information content (AvgIpc) is 3.05. The smallest absolute Gasteiger partial charge is 0.303 e. The monoisotopic (exact) mass is 708 g/mol. The van der Waals surface area contributed by atoms with Gasteiger partial charge in [-0.3, -0.25) is 14.4 Å². The summed E-state index contributed by atoms with van der Waals surface area (Å²) in [5.41, 5.74) is -1.17. The van der Waals surface area contributed by atoms with Gasteiger partial charge in [0, 0.05) is 25.5 Å². The summed E-state index contributed by atoms with van der Waals surface area (Å²) in [6, 6.07) is 6.27. The standard InChI is InChI=1S/C32H36O18/c1-11-20(37)28(46-12(2)33)30(47-13(3)34)32(45-11)44-10-18-21(38)24(41)25(42)31(49-18)50-29-23(40)19-17(9-16(36)27(43-4)22(19)39)48-26(29)14-5-7-15(35)8-6-14/h5-9,11,18,20-21,24-25,28,30-32,35-39,41-42H,10H2,1-4H3/t11-,18+,20-,21+,24-,25+,28+,30+,31-,32+/m0/s1. The van der Waals surface area contributed by atoms with E-state index in [1.54, 1.807) is 0 Å². The number of fused-ring (bicyclic) bond motifs is 1. The van der Waals surface area contributed by atoms with Crippen LogP contribution in [0.25, 0.3) is 22.3 Å². The number of hydrogen-bond donors (Lipinski definition) is 7. The Hall–Kier alpha value is -4.69. The van der Waals surface area contributed by atoms with E-state index in [-0.39, 0.29) is 22.7 Å². The second-order valence-electron chi connectivity index (χ2n) is 11.6. The van der Waals surface area contributed by atoms with Crippen molar-refractivity contribution >= 4 is 22.9 Å². The topological polar surface area (TPSA) is 271 Å². The number of phenols is 3. The second kappa shape index (κ2) is 14.7. The van der Waals surface area contributed by atoms with Crippen molar-refractivity contribution in [1.29, 1.82) is 0 Å². The molecular weight excluding hydrogens is 672 g/mol. The molecule has 272 valence electrons. The Morgan fingerprint density at radius 1 is 0.820 bits per heavy atom. The minimum atomic E-state index is -1.99. The summed E-state index contributed by atoms with van der Waals surface area (Å²) in [5.74, 6) is -4.53. The van der Waals surface area contributed by atoms with Crippen LogP contribution in [0.4, 0.5) is 0 Å². The molecule has 0 aliphatic carbocycles. The van der Waals surface area contributed by atoms with E-state index in [1.165, 1.54) is 31.2 Å². The van der Waals surface area contributed by atoms with Gasteiger partial charge >= 0.3 is 11.9 Å². The number of rotatable bonds is 9. The number of carbonyl (C=O) groups is 2. The molecule has 2 aliphatic heterocycles. The van der Waals surface area contributed by atoms with Crippen molar-refractivity contribution in [1.82, 2.24) is 0 Å². The third kappa shape index (κ3) is 7.13. The van der Waals surface area contributed by atoms with E-state index in [9.17, 15) is 50.1 Å². The number of hydrogen-bond acceptors (Lipinski definition) is 18. The lowest BCUT2D eigenvalue weighted by molar-refractivity contribution is -0.320. The van der Waals surface area contributed by atoms with Gasteiger partial charge in [0.1, 0.15) is 47.2 Å². The number of ether oxygens (including phenoxy) is 7. The van der Waals surface area contributed by atoms with Gasteiger partial charge in [-0.1, -0.05) is 0 Å². The van der Waals surface area contributed by atoms with E-state index >= 15 is 0 Å². The lowest BCUT2D eigenvalue weighted by atomic mass is 9.98. The van der Waals surface area contributed by atoms with Crippen molar-refractivity contribution in [2.75, 3.05) is 13.7 Å². The highest BCUT2D eigenvalue weighted by Gasteiger charge is 2.50. The van der Waals surface area contributed by atoms with E-state index < -0.39 is 114 Å². The summed E-state index contributed by atoms with van der Waals surface area (Å²) in [6.07, 6.45) is -16.0. The molecule has 7 N–H and O–H groups in total. The fourth-order valence-electron chi connectivity index (χ4n) is 5.62. The van der Waals surface area contributed by atoms with Crippen molar-refractivity contribution in [3.8, 4) is 40.1 Å². The number of aliphatic hydroxyl groups excluding tert-OH is 4. The van der Waals surface area contributed by atoms with Gasteiger partial charge in [0.2, 0.25) is 23.2 Å². The zero-order valence-corrected chi connectivity index (χ0v) is 27.0. The quantitative estimate of drug-likeness (QED) is 0.141. The molecule has 0 unspecified atom stereocenters. The van der Waals surface area contributed by atoms with Gasteiger partial charge in [0.15, 0.2) is 35.8 Å². The fraction of sp³-hybridized carbons (Fsp3) is 0.469. The molecule has 3 aromatic rings. The van der Waals surface area contributed by atoms with Gasteiger partial charge in [-0.2, -0.15) is 0 Å². The van der Waals surface area contributed by atoms with E-state index in [2.05, 4.69) is 0 Å². The molecule has 0 spiro atoms. The molecule has 18 nitrogen and oxygen atoms in total. The maximum Gasteiger partial charge on any atom is 0.303 e. The molecule has 0 saturated carbocycles. The lowest BCUT2D eigenvalue weighted by Crippen LogP contribution is -2.62. The molecule has 3 heterocycles. The first-order chi connectivity index (χ1) is 23.6. The molecule has 2 saturated heterocycles. The normalized spacial score (nSPS) is 29.7. The first-order valence-corrected chi connectivity index (χ1v) is 15.2. The number of carbonyl (C=O) groups excluding carboxylic acids is 2. The number of aliphatic hydroxyl groups is 4. The first kappa shape index (κ1) is 36.6. The molecule has 2 aliphatic rings. The number of aromatic hydroxyl groups is 3. The van der Waals surface area contributed by atoms with Crippen LogP contribution in [0.5, 0.6) is 28.7 Å². The van der Waals surface area contributed by atoms with Crippen LogP contribution in [0, 0.1) is 0 Å². The number of esters is 2. The van der Waals surface area contributed by atoms with Crippen molar-refractivity contribution in [2.45, 2.75) is 82.2 Å². The molecule has 1 aromatic heterocycles. The third-order valence-electron chi connectivity index (χ3n) is 8.07. The Kier molecular flexibility index (Phi) is 10.7. The molecule has 2 fully saturated rings. The van der Waals surface area contributed by atoms with Crippen molar-refractivity contribution < 1.29 is 82.9 Å². The minimum absolute atomic E-state index is 0.133. The Bertz CT molecular complexity index is 1770. The Morgan fingerprint density at radius 3 is 2.08 bits per heavy atom. The van der Waals surface area contributed by atoms with Crippen molar-refractivity contribution in [3.05, 3.63) is 40.6 Å². The highest BCUT2D eigenvalue weighted by Crippen LogP contribution is 2.44. The average molecular weight is 709 g/mol. The van der Waals surface area contributed by atoms with Crippen LogP contribution in [-0.2, 0) is 33.3 Å². The summed E-state index contributed by atoms with van der Waals surface area (Å²) in [5, 5.41) is 73.4. The SMILES string of the molecule is COc1c(O)cc2oc(-c3ccc(O)cc3)c(O[C@@H]3O[C@H](CO[C@@H]4O[C@@H](C)[C@H](O)[C@@H](OC(C)=O)[C@H]4OC(C)=O)[C@@H](O)[C@H](O)[C@H]3O)c(=O)c2c1O. The molecule has 5 rings (SSSR count). The van der Waals surface area contributed by atoms with Crippen molar-refractivity contribution in [2.24, 2.45) is 0 Å². The van der Waals surface area contributed by atoms with Gasteiger partial charge in [0.05, 0.1) is 19.8 Å². The molecule has 0 amide bonds. The summed E-state index contributed by atoms with van der Waals surface area (Å²) in [6.45, 7) is 2.94. The molecule has 0 bridgehead atoms. The predicted molar refractivity (Wildman–Crippen MR) is 164 cm³/mol. The van der Waals surface area contributed by atoms with Crippen LogP contribution in [-0.4, -0.2) is 123 Å². The Morgan fingerprint density at radius 2 is 1.46 bits per heavy atom. The Labute approximate surface area is 282 Å².